The number of fused-ring (bicyclic) bond motifs is 3. The van der Waals surface area contributed by atoms with Crippen LogP contribution in [0.3, 0.4) is 0 Å². The van der Waals surface area contributed by atoms with E-state index in [2.05, 4.69) is 10.3 Å². The Balaban J connectivity index is 1.57. The zero-order chi connectivity index (χ0) is 15.3. The van der Waals surface area contributed by atoms with Crippen LogP contribution in [0.2, 0.25) is 0 Å². The highest BCUT2D eigenvalue weighted by Crippen LogP contribution is 2.52. The molecule has 1 aromatic heterocycles. The molecule has 0 radical (unpaired) electrons. The van der Waals surface area contributed by atoms with Crippen molar-refractivity contribution in [1.82, 2.24) is 4.98 Å². The van der Waals surface area contributed by atoms with Gasteiger partial charge in [-0.15, -0.1) is 0 Å². The normalized spacial score (nSPS) is 29.8. The average molecular weight is 315 g/mol. The molecular formula is C16H15N2O3S-. The third kappa shape index (κ3) is 2.09. The Bertz CT molecular complexity index is 724. The number of anilines is 1. The quantitative estimate of drug-likeness (QED) is 0.933. The van der Waals surface area contributed by atoms with Gasteiger partial charge in [0.2, 0.25) is 5.91 Å². The first-order valence-electron chi connectivity index (χ1n) is 7.51. The number of hydrogen-bond donors (Lipinski definition) is 1. The van der Waals surface area contributed by atoms with E-state index in [4.69, 9.17) is 0 Å². The summed E-state index contributed by atoms with van der Waals surface area (Å²) in [7, 11) is 0. The number of carbonyl (C=O) groups excluding carboxylic acids is 2. The summed E-state index contributed by atoms with van der Waals surface area (Å²) in [5.41, 5.74) is 0.840. The average Bonchev–Trinajstić information content (AvgIpc) is 3.19. The van der Waals surface area contributed by atoms with E-state index in [0.29, 0.717) is 5.13 Å². The Kier molecular flexibility index (Phi) is 3.14. The lowest BCUT2D eigenvalue weighted by Gasteiger charge is -2.30. The number of rotatable bonds is 3. The summed E-state index contributed by atoms with van der Waals surface area (Å²) in [5, 5.41) is 14.7. The number of nitrogens with zero attached hydrogens (tertiary/aromatic N) is 1. The van der Waals surface area contributed by atoms with Crippen molar-refractivity contribution in [1.29, 1.82) is 0 Å². The Morgan fingerprint density at radius 1 is 1.18 bits per heavy atom. The molecule has 1 heterocycles. The molecule has 2 aliphatic carbocycles. The summed E-state index contributed by atoms with van der Waals surface area (Å²) in [5.74, 6) is -2.16. The van der Waals surface area contributed by atoms with Crippen LogP contribution in [0.1, 0.15) is 19.3 Å². The fourth-order valence-electron chi connectivity index (χ4n) is 4.12. The number of carboxylic acids is 1. The van der Waals surface area contributed by atoms with Crippen LogP contribution < -0.4 is 10.4 Å². The fourth-order valence-corrected chi connectivity index (χ4v) is 4.99. The number of thiazole rings is 1. The van der Waals surface area contributed by atoms with Gasteiger partial charge in [0.05, 0.1) is 10.2 Å². The third-order valence-electron chi connectivity index (χ3n) is 5.02. The largest absolute Gasteiger partial charge is 0.550 e. The van der Waals surface area contributed by atoms with E-state index >= 15 is 0 Å². The topological polar surface area (TPSA) is 82.1 Å². The predicted octanol–water partition coefficient (Wildman–Crippen LogP) is 1.65. The predicted molar refractivity (Wildman–Crippen MR) is 81.1 cm³/mol. The van der Waals surface area contributed by atoms with Crippen molar-refractivity contribution in [3.63, 3.8) is 0 Å². The summed E-state index contributed by atoms with van der Waals surface area (Å²) in [6.45, 7) is 0. The van der Waals surface area contributed by atoms with E-state index in [0.717, 1.165) is 29.5 Å². The van der Waals surface area contributed by atoms with Crippen LogP contribution in [-0.4, -0.2) is 16.9 Å². The third-order valence-corrected chi connectivity index (χ3v) is 5.97. The van der Waals surface area contributed by atoms with Crippen molar-refractivity contribution in [3.8, 4) is 0 Å². The van der Waals surface area contributed by atoms with Gasteiger partial charge >= 0.3 is 0 Å². The van der Waals surface area contributed by atoms with Gasteiger partial charge in [0.15, 0.2) is 5.13 Å². The molecule has 1 N–H and O–H groups in total. The summed E-state index contributed by atoms with van der Waals surface area (Å²) < 4.78 is 1.00. The van der Waals surface area contributed by atoms with E-state index in [9.17, 15) is 14.7 Å². The number of benzene rings is 1. The van der Waals surface area contributed by atoms with Crippen LogP contribution in [0.15, 0.2) is 24.3 Å². The molecule has 22 heavy (non-hydrogen) atoms. The molecule has 6 heteroatoms. The van der Waals surface area contributed by atoms with Gasteiger partial charge < -0.3 is 15.2 Å². The molecule has 4 atom stereocenters. The molecule has 2 aliphatic rings. The highest BCUT2D eigenvalue weighted by molar-refractivity contribution is 7.22. The van der Waals surface area contributed by atoms with E-state index in [1.165, 1.54) is 11.3 Å². The van der Waals surface area contributed by atoms with E-state index in [1.54, 1.807) is 0 Å². The molecule has 2 aromatic rings. The first kappa shape index (κ1) is 13.7. The summed E-state index contributed by atoms with van der Waals surface area (Å²) in [6.07, 6.45) is 2.66. The Labute approximate surface area is 131 Å². The number of amides is 1. The SMILES string of the molecule is O=C([O-])C1C2CCC(C2)C1C(=O)Nc1nc2ccccc2s1. The molecule has 114 valence electrons. The van der Waals surface area contributed by atoms with Gasteiger partial charge in [-0.05, 0) is 43.2 Å². The first-order valence-corrected chi connectivity index (χ1v) is 8.32. The number of aliphatic carboxylic acids is 1. The number of carbonyl (C=O) groups is 2. The molecule has 1 amide bonds. The second-order valence-electron chi connectivity index (χ2n) is 6.18. The molecule has 0 saturated heterocycles. The van der Waals surface area contributed by atoms with Gasteiger partial charge in [-0.3, -0.25) is 4.79 Å². The van der Waals surface area contributed by atoms with E-state index in [1.807, 2.05) is 24.3 Å². The van der Waals surface area contributed by atoms with Crippen LogP contribution >= 0.6 is 11.3 Å². The van der Waals surface area contributed by atoms with Crippen LogP contribution in [-0.2, 0) is 9.59 Å². The number of para-hydroxylation sites is 1. The van der Waals surface area contributed by atoms with E-state index < -0.39 is 17.8 Å². The molecule has 5 nitrogen and oxygen atoms in total. The maximum atomic E-state index is 12.6. The Morgan fingerprint density at radius 3 is 2.64 bits per heavy atom. The summed E-state index contributed by atoms with van der Waals surface area (Å²) in [4.78, 5) is 28.3. The van der Waals surface area contributed by atoms with Crippen LogP contribution in [0.5, 0.6) is 0 Å². The fraction of sp³-hybridized carbons (Fsp3) is 0.438. The maximum Gasteiger partial charge on any atom is 0.230 e. The Morgan fingerprint density at radius 2 is 1.91 bits per heavy atom. The minimum atomic E-state index is -1.09. The number of carboxylic acid groups (broad SMARTS) is 1. The zero-order valence-electron chi connectivity index (χ0n) is 11.8. The smallest absolute Gasteiger partial charge is 0.230 e. The van der Waals surface area contributed by atoms with Gasteiger partial charge in [0, 0.05) is 17.8 Å². The molecule has 2 bridgehead atoms. The van der Waals surface area contributed by atoms with Gasteiger partial charge in [-0.25, -0.2) is 4.98 Å². The van der Waals surface area contributed by atoms with Crippen LogP contribution in [0.4, 0.5) is 5.13 Å². The van der Waals surface area contributed by atoms with Crippen molar-refractivity contribution in [2.75, 3.05) is 5.32 Å². The second kappa shape index (κ2) is 5.05. The molecule has 0 spiro atoms. The van der Waals surface area contributed by atoms with Gasteiger partial charge in [0.1, 0.15) is 0 Å². The monoisotopic (exact) mass is 315 g/mol. The molecule has 2 fully saturated rings. The summed E-state index contributed by atoms with van der Waals surface area (Å²) >= 11 is 1.41. The maximum absolute atomic E-state index is 12.6. The van der Waals surface area contributed by atoms with Crippen molar-refractivity contribution in [2.24, 2.45) is 23.7 Å². The first-order chi connectivity index (χ1) is 10.6. The van der Waals surface area contributed by atoms with Crippen molar-refractivity contribution in [3.05, 3.63) is 24.3 Å². The highest BCUT2D eigenvalue weighted by atomic mass is 32.1. The standard InChI is InChI=1S/C16H16N2O3S/c19-14(12-8-5-6-9(7-8)13(12)15(20)21)18-16-17-10-3-1-2-4-11(10)22-16/h1-4,8-9,12-13H,5-7H2,(H,20,21)(H,17,18,19)/p-1. The van der Waals surface area contributed by atoms with Gasteiger partial charge in [-0.2, -0.15) is 0 Å². The van der Waals surface area contributed by atoms with E-state index in [-0.39, 0.29) is 17.7 Å². The second-order valence-corrected chi connectivity index (χ2v) is 7.21. The van der Waals surface area contributed by atoms with Crippen molar-refractivity contribution < 1.29 is 14.7 Å². The van der Waals surface area contributed by atoms with Crippen LogP contribution in [0.25, 0.3) is 10.2 Å². The van der Waals surface area contributed by atoms with Crippen molar-refractivity contribution >= 4 is 38.6 Å². The minimum Gasteiger partial charge on any atom is -0.550 e. The minimum absolute atomic E-state index is 0.0983. The van der Waals surface area contributed by atoms with Crippen LogP contribution in [0, 0.1) is 23.7 Å². The number of nitrogens with one attached hydrogen (secondary N) is 1. The van der Waals surface area contributed by atoms with Gasteiger partial charge in [-0.1, -0.05) is 23.5 Å². The molecule has 4 rings (SSSR count). The number of aromatic nitrogens is 1. The highest BCUT2D eigenvalue weighted by Gasteiger charge is 2.51. The molecular weight excluding hydrogens is 300 g/mol. The lowest BCUT2D eigenvalue weighted by atomic mass is 9.79. The number of hydrogen-bond acceptors (Lipinski definition) is 5. The molecule has 1 aromatic carbocycles. The lowest BCUT2D eigenvalue weighted by molar-refractivity contribution is -0.314. The molecule has 4 unspecified atom stereocenters. The summed E-state index contributed by atoms with van der Waals surface area (Å²) in [6, 6.07) is 7.66. The van der Waals surface area contributed by atoms with Crippen molar-refractivity contribution in [2.45, 2.75) is 19.3 Å². The Hall–Kier alpha value is -1.95. The molecule has 2 saturated carbocycles. The van der Waals surface area contributed by atoms with Gasteiger partial charge in [0.25, 0.3) is 0 Å². The zero-order valence-corrected chi connectivity index (χ0v) is 12.6. The lowest BCUT2D eigenvalue weighted by Crippen LogP contribution is -2.43. The molecule has 0 aliphatic heterocycles.